The summed E-state index contributed by atoms with van der Waals surface area (Å²) in [5.74, 6) is 0. The quantitative estimate of drug-likeness (QED) is 0.871. The van der Waals surface area contributed by atoms with E-state index >= 15 is 0 Å². The van der Waals surface area contributed by atoms with Crippen molar-refractivity contribution in [1.29, 1.82) is 0 Å². The lowest BCUT2D eigenvalue weighted by atomic mass is 10.3. The van der Waals surface area contributed by atoms with Gasteiger partial charge in [0.25, 0.3) is 10.0 Å². The predicted octanol–water partition coefficient (Wildman–Crippen LogP) is 1.89. The van der Waals surface area contributed by atoms with Gasteiger partial charge in [-0.2, -0.15) is 17.9 Å². The van der Waals surface area contributed by atoms with Crippen molar-refractivity contribution in [2.45, 2.75) is 36.5 Å². The molecule has 0 saturated heterocycles. The molecule has 1 saturated carbocycles. The highest BCUT2D eigenvalue weighted by Gasteiger charge is 2.65. The molecule has 1 aliphatic rings. The number of pyridine rings is 1. The van der Waals surface area contributed by atoms with Crippen LogP contribution in [0.3, 0.4) is 0 Å². The highest BCUT2D eigenvalue weighted by molar-refractivity contribution is 7.89. The van der Waals surface area contributed by atoms with Gasteiger partial charge in [-0.1, -0.05) is 0 Å². The second kappa shape index (κ2) is 4.88. The molecule has 0 aliphatic heterocycles. The number of anilines is 1. The summed E-state index contributed by atoms with van der Waals surface area (Å²) in [6.45, 7) is 2.17. The van der Waals surface area contributed by atoms with Gasteiger partial charge in [0.2, 0.25) is 0 Å². The number of nitrogens with one attached hydrogen (secondary N) is 2. The summed E-state index contributed by atoms with van der Waals surface area (Å²) in [6, 6.07) is 2.96. The van der Waals surface area contributed by atoms with Crippen LogP contribution in [0.2, 0.25) is 0 Å². The largest absolute Gasteiger partial charge is 0.407 e. The van der Waals surface area contributed by atoms with Crippen molar-refractivity contribution in [2.75, 3.05) is 11.9 Å². The average molecular weight is 309 g/mol. The summed E-state index contributed by atoms with van der Waals surface area (Å²) in [6.07, 6.45) is -3.88. The van der Waals surface area contributed by atoms with Gasteiger partial charge in [0.05, 0.1) is 5.69 Å². The number of hydrogen-bond acceptors (Lipinski definition) is 4. The van der Waals surface area contributed by atoms with Crippen molar-refractivity contribution in [3.63, 3.8) is 0 Å². The summed E-state index contributed by atoms with van der Waals surface area (Å²) >= 11 is 0. The van der Waals surface area contributed by atoms with Crippen molar-refractivity contribution in [3.8, 4) is 0 Å². The van der Waals surface area contributed by atoms with Crippen LogP contribution in [-0.4, -0.2) is 31.7 Å². The van der Waals surface area contributed by atoms with Crippen molar-refractivity contribution in [1.82, 2.24) is 9.71 Å². The van der Waals surface area contributed by atoms with Gasteiger partial charge in [-0.25, -0.2) is 13.4 Å². The fraction of sp³-hybridized carbons (Fsp3) is 0.545. The Morgan fingerprint density at radius 1 is 1.40 bits per heavy atom. The Kier molecular flexibility index (Phi) is 3.67. The summed E-state index contributed by atoms with van der Waals surface area (Å²) in [7, 11) is -4.34. The molecule has 5 nitrogen and oxygen atoms in total. The highest BCUT2D eigenvalue weighted by Crippen LogP contribution is 2.49. The van der Waals surface area contributed by atoms with Crippen LogP contribution in [0.5, 0.6) is 0 Å². The molecule has 1 aromatic heterocycles. The smallest absolute Gasteiger partial charge is 0.383 e. The second-order valence-electron chi connectivity index (χ2n) is 4.57. The molecule has 0 unspecified atom stereocenters. The lowest BCUT2D eigenvalue weighted by molar-refractivity contribution is -0.160. The number of nitrogens with zero attached hydrogens (tertiary/aromatic N) is 1. The SMILES string of the molecule is CCNc1cccnc1S(=O)(=O)NC1(C(F)(F)F)CC1. The zero-order chi connectivity index (χ0) is 15.0. The Bertz CT molecular complexity index is 597. The number of rotatable bonds is 5. The van der Waals surface area contributed by atoms with Crippen molar-refractivity contribution in [3.05, 3.63) is 18.3 Å². The molecule has 0 aromatic carbocycles. The molecule has 1 heterocycles. The molecule has 9 heteroatoms. The van der Waals surface area contributed by atoms with Crippen LogP contribution in [0.1, 0.15) is 19.8 Å². The maximum atomic E-state index is 12.8. The molecular weight excluding hydrogens is 295 g/mol. The third-order valence-electron chi connectivity index (χ3n) is 3.02. The second-order valence-corrected chi connectivity index (χ2v) is 6.17. The summed E-state index contributed by atoms with van der Waals surface area (Å²) < 4.78 is 64.5. The Morgan fingerprint density at radius 3 is 2.55 bits per heavy atom. The van der Waals surface area contributed by atoms with Crippen LogP contribution in [0.15, 0.2) is 23.4 Å². The minimum atomic E-state index is -4.60. The standard InChI is InChI=1S/C11H14F3N3O2S/c1-2-15-8-4-3-7-16-9(8)20(18,19)17-10(5-6-10)11(12,13)14/h3-4,7,15,17H,2,5-6H2,1H3. The van der Waals surface area contributed by atoms with E-state index < -0.39 is 26.8 Å². The van der Waals surface area contributed by atoms with E-state index in [4.69, 9.17) is 0 Å². The Balaban J connectivity index is 2.33. The molecule has 2 rings (SSSR count). The number of aromatic nitrogens is 1. The van der Waals surface area contributed by atoms with Gasteiger partial charge in [0.15, 0.2) is 5.03 Å². The van der Waals surface area contributed by atoms with Crippen LogP contribution in [0.25, 0.3) is 0 Å². The Morgan fingerprint density at radius 2 is 2.05 bits per heavy atom. The fourth-order valence-electron chi connectivity index (χ4n) is 1.80. The minimum Gasteiger partial charge on any atom is -0.383 e. The molecular formula is C11H14F3N3O2S. The van der Waals surface area contributed by atoms with Crippen LogP contribution < -0.4 is 10.0 Å². The first-order valence-electron chi connectivity index (χ1n) is 6.01. The lowest BCUT2D eigenvalue weighted by Gasteiger charge is -2.21. The minimum absolute atomic E-state index is 0.181. The fourth-order valence-corrected chi connectivity index (χ4v) is 3.36. The van der Waals surface area contributed by atoms with E-state index in [1.807, 2.05) is 0 Å². The summed E-state index contributed by atoms with van der Waals surface area (Å²) in [5, 5.41) is 2.35. The lowest BCUT2D eigenvalue weighted by Crippen LogP contribution is -2.48. The predicted molar refractivity (Wildman–Crippen MR) is 66.7 cm³/mol. The molecule has 0 spiro atoms. The van der Waals surface area contributed by atoms with E-state index in [2.05, 4.69) is 10.3 Å². The topological polar surface area (TPSA) is 71.1 Å². The first kappa shape index (κ1) is 15.0. The third-order valence-corrected chi connectivity index (χ3v) is 4.51. The highest BCUT2D eigenvalue weighted by atomic mass is 32.2. The van der Waals surface area contributed by atoms with E-state index in [0.717, 1.165) is 0 Å². The first-order chi connectivity index (χ1) is 9.22. The molecule has 1 aromatic rings. The number of sulfonamides is 1. The molecule has 0 bridgehead atoms. The van der Waals surface area contributed by atoms with Gasteiger partial charge in [-0.3, -0.25) is 0 Å². The molecule has 0 amide bonds. The molecule has 1 aliphatic carbocycles. The maximum Gasteiger partial charge on any atom is 0.407 e. The van der Waals surface area contributed by atoms with E-state index in [0.29, 0.717) is 6.54 Å². The van der Waals surface area contributed by atoms with Crippen LogP contribution in [-0.2, 0) is 10.0 Å². The van der Waals surface area contributed by atoms with E-state index in [1.54, 1.807) is 11.6 Å². The molecule has 1 fully saturated rings. The van der Waals surface area contributed by atoms with Gasteiger partial charge in [0, 0.05) is 12.7 Å². The number of hydrogen-bond donors (Lipinski definition) is 2. The normalized spacial score (nSPS) is 17.8. The van der Waals surface area contributed by atoms with Gasteiger partial charge in [-0.15, -0.1) is 0 Å². The molecule has 112 valence electrons. The van der Waals surface area contributed by atoms with Crippen LogP contribution in [0.4, 0.5) is 18.9 Å². The average Bonchev–Trinajstić information content (AvgIpc) is 3.09. The molecule has 0 radical (unpaired) electrons. The van der Waals surface area contributed by atoms with Gasteiger partial charge in [-0.05, 0) is 31.9 Å². The van der Waals surface area contributed by atoms with Crippen molar-refractivity contribution in [2.24, 2.45) is 0 Å². The van der Waals surface area contributed by atoms with E-state index in [9.17, 15) is 21.6 Å². The van der Waals surface area contributed by atoms with Crippen LogP contribution >= 0.6 is 0 Å². The molecule has 20 heavy (non-hydrogen) atoms. The van der Waals surface area contributed by atoms with E-state index in [1.165, 1.54) is 18.3 Å². The van der Waals surface area contributed by atoms with Gasteiger partial charge >= 0.3 is 6.18 Å². The third kappa shape index (κ3) is 2.73. The zero-order valence-electron chi connectivity index (χ0n) is 10.7. The molecule has 2 N–H and O–H groups in total. The van der Waals surface area contributed by atoms with Gasteiger partial charge in [0.1, 0.15) is 5.54 Å². The molecule has 0 atom stereocenters. The summed E-state index contributed by atoms with van der Waals surface area (Å²) in [5.41, 5.74) is -2.16. The first-order valence-corrected chi connectivity index (χ1v) is 7.50. The van der Waals surface area contributed by atoms with Crippen molar-refractivity contribution >= 4 is 15.7 Å². The Labute approximate surface area is 114 Å². The number of alkyl halides is 3. The number of halogens is 3. The monoisotopic (exact) mass is 309 g/mol. The van der Waals surface area contributed by atoms with Gasteiger partial charge < -0.3 is 5.32 Å². The van der Waals surface area contributed by atoms with Crippen molar-refractivity contribution < 1.29 is 21.6 Å². The maximum absolute atomic E-state index is 12.8. The van der Waals surface area contributed by atoms with Crippen LogP contribution in [0, 0.1) is 0 Å². The summed E-state index contributed by atoms with van der Waals surface area (Å²) in [4.78, 5) is 3.68. The zero-order valence-corrected chi connectivity index (χ0v) is 11.5. The van der Waals surface area contributed by atoms with E-state index in [-0.39, 0.29) is 18.5 Å². The Hall–Kier alpha value is -1.35.